The molecule has 2 aromatic heterocycles. The number of nitro groups is 1. The van der Waals surface area contributed by atoms with Crippen molar-refractivity contribution in [3.8, 4) is 0 Å². The maximum atomic E-state index is 12.5. The van der Waals surface area contributed by atoms with E-state index >= 15 is 0 Å². The summed E-state index contributed by atoms with van der Waals surface area (Å²) in [6, 6.07) is 2.62. The fourth-order valence-electron chi connectivity index (χ4n) is 2.79. The summed E-state index contributed by atoms with van der Waals surface area (Å²) in [7, 11) is 1.26. The van der Waals surface area contributed by atoms with Gasteiger partial charge in [0.2, 0.25) is 5.91 Å². The number of anilines is 1. The lowest BCUT2D eigenvalue weighted by Crippen LogP contribution is -2.33. The molecular weight excluding hydrogens is 394 g/mol. The van der Waals surface area contributed by atoms with Crippen LogP contribution in [0.5, 0.6) is 0 Å². The lowest BCUT2D eigenvalue weighted by atomic mass is 10.0. The molecule has 1 aliphatic heterocycles. The standard InChI is InChI=1S/C16H15N3O6S2/c1-8(20)18-6-5-9-11(7-18)27-15(13(9)16(22)25-2)17-14(21)10-3-4-12(26-10)19(23)24/h3-4H,5-7H2,1-2H3,(H,17,21). The van der Waals surface area contributed by atoms with Crippen LogP contribution in [-0.4, -0.2) is 41.3 Å². The van der Waals surface area contributed by atoms with E-state index in [2.05, 4.69) is 5.32 Å². The first-order valence-corrected chi connectivity index (χ1v) is 9.49. The number of nitrogens with one attached hydrogen (secondary N) is 1. The van der Waals surface area contributed by atoms with Crippen molar-refractivity contribution < 1.29 is 24.0 Å². The predicted octanol–water partition coefficient (Wildman–Crippen LogP) is 2.66. The monoisotopic (exact) mass is 409 g/mol. The van der Waals surface area contributed by atoms with Crippen molar-refractivity contribution in [2.45, 2.75) is 19.9 Å². The number of hydrogen-bond acceptors (Lipinski definition) is 8. The Bertz CT molecular complexity index is 948. The number of amides is 2. The Morgan fingerprint density at radius 3 is 2.63 bits per heavy atom. The molecule has 0 spiro atoms. The Morgan fingerprint density at radius 2 is 2.04 bits per heavy atom. The zero-order valence-electron chi connectivity index (χ0n) is 14.4. The molecule has 9 nitrogen and oxygen atoms in total. The number of esters is 1. The quantitative estimate of drug-likeness (QED) is 0.471. The number of carbonyl (C=O) groups excluding carboxylic acids is 3. The molecule has 0 fully saturated rings. The third-order valence-electron chi connectivity index (χ3n) is 4.11. The van der Waals surface area contributed by atoms with Crippen LogP contribution in [0, 0.1) is 10.1 Å². The second-order valence-corrected chi connectivity index (χ2v) is 7.91. The second kappa shape index (κ2) is 7.45. The molecule has 1 aliphatic rings. The smallest absolute Gasteiger partial charge is 0.341 e. The third-order valence-corrected chi connectivity index (χ3v) is 6.28. The molecule has 0 atom stereocenters. The van der Waals surface area contributed by atoms with Gasteiger partial charge in [-0.15, -0.1) is 11.3 Å². The Morgan fingerprint density at radius 1 is 1.30 bits per heavy atom. The highest BCUT2D eigenvalue weighted by molar-refractivity contribution is 7.18. The average Bonchev–Trinajstić information content (AvgIpc) is 3.25. The Labute approximate surface area is 161 Å². The van der Waals surface area contributed by atoms with E-state index in [0.717, 1.165) is 21.8 Å². The summed E-state index contributed by atoms with van der Waals surface area (Å²) in [6.45, 7) is 2.32. The minimum atomic E-state index is -0.573. The van der Waals surface area contributed by atoms with Crippen molar-refractivity contribution in [2.75, 3.05) is 19.0 Å². The van der Waals surface area contributed by atoms with Crippen LogP contribution >= 0.6 is 22.7 Å². The molecule has 0 aliphatic carbocycles. The van der Waals surface area contributed by atoms with E-state index in [0.29, 0.717) is 24.5 Å². The molecule has 3 heterocycles. The molecule has 3 rings (SSSR count). The van der Waals surface area contributed by atoms with Crippen molar-refractivity contribution >= 4 is 50.5 Å². The van der Waals surface area contributed by atoms with Crippen LogP contribution in [0.15, 0.2) is 12.1 Å². The molecule has 142 valence electrons. The molecule has 2 aromatic rings. The van der Waals surface area contributed by atoms with Gasteiger partial charge in [-0.05, 0) is 18.1 Å². The van der Waals surface area contributed by atoms with Crippen molar-refractivity contribution in [3.63, 3.8) is 0 Å². The third kappa shape index (κ3) is 3.69. The largest absolute Gasteiger partial charge is 0.465 e. The molecule has 0 aromatic carbocycles. The number of methoxy groups -OCH3 is 1. The fourth-order valence-corrected chi connectivity index (χ4v) is 4.75. The van der Waals surface area contributed by atoms with Gasteiger partial charge < -0.3 is 15.0 Å². The molecule has 0 unspecified atom stereocenters. The van der Waals surface area contributed by atoms with E-state index in [1.165, 1.54) is 37.5 Å². The van der Waals surface area contributed by atoms with Crippen LogP contribution in [0.25, 0.3) is 0 Å². The topological polar surface area (TPSA) is 119 Å². The highest BCUT2D eigenvalue weighted by Gasteiger charge is 2.30. The average molecular weight is 409 g/mol. The number of nitrogens with zero attached hydrogens (tertiary/aromatic N) is 2. The van der Waals surface area contributed by atoms with Gasteiger partial charge in [0, 0.05) is 24.4 Å². The van der Waals surface area contributed by atoms with E-state index in [1.54, 1.807) is 4.90 Å². The molecular formula is C16H15N3O6S2. The first-order chi connectivity index (χ1) is 12.8. The van der Waals surface area contributed by atoms with Crippen molar-refractivity contribution in [1.29, 1.82) is 0 Å². The molecule has 2 amide bonds. The SMILES string of the molecule is COC(=O)c1c(NC(=O)c2ccc([N+](=O)[O-])s2)sc2c1CCN(C(C)=O)C2. The first-order valence-electron chi connectivity index (χ1n) is 7.85. The van der Waals surface area contributed by atoms with Gasteiger partial charge in [-0.3, -0.25) is 19.7 Å². The van der Waals surface area contributed by atoms with Crippen LogP contribution in [-0.2, 0) is 22.5 Å². The number of rotatable bonds is 4. The van der Waals surface area contributed by atoms with Crippen LogP contribution in [0.4, 0.5) is 10.0 Å². The highest BCUT2D eigenvalue weighted by Crippen LogP contribution is 2.38. The molecule has 0 radical (unpaired) electrons. The van der Waals surface area contributed by atoms with Gasteiger partial charge in [0.25, 0.3) is 5.91 Å². The summed E-state index contributed by atoms with van der Waals surface area (Å²) >= 11 is 1.96. The minimum absolute atomic E-state index is 0.0647. The summed E-state index contributed by atoms with van der Waals surface area (Å²) in [4.78, 5) is 49.2. The summed E-state index contributed by atoms with van der Waals surface area (Å²) < 4.78 is 4.85. The summed E-state index contributed by atoms with van der Waals surface area (Å²) in [6.07, 6.45) is 0.482. The predicted molar refractivity (Wildman–Crippen MR) is 99.4 cm³/mol. The molecule has 0 saturated heterocycles. The molecule has 0 saturated carbocycles. The van der Waals surface area contributed by atoms with Gasteiger partial charge in [0.1, 0.15) is 5.00 Å². The maximum absolute atomic E-state index is 12.5. The lowest BCUT2D eigenvalue weighted by molar-refractivity contribution is -0.380. The molecule has 27 heavy (non-hydrogen) atoms. The van der Waals surface area contributed by atoms with E-state index < -0.39 is 16.8 Å². The zero-order valence-corrected chi connectivity index (χ0v) is 16.1. The normalized spacial score (nSPS) is 13.0. The maximum Gasteiger partial charge on any atom is 0.341 e. The number of thiophene rings is 2. The van der Waals surface area contributed by atoms with Crippen LogP contribution in [0.3, 0.4) is 0 Å². The van der Waals surface area contributed by atoms with Gasteiger partial charge in [0.05, 0.1) is 29.0 Å². The Kier molecular flexibility index (Phi) is 5.24. The van der Waals surface area contributed by atoms with Gasteiger partial charge in [-0.2, -0.15) is 0 Å². The number of carbonyl (C=O) groups is 3. The van der Waals surface area contributed by atoms with Crippen molar-refractivity contribution in [2.24, 2.45) is 0 Å². The molecule has 11 heteroatoms. The van der Waals surface area contributed by atoms with E-state index in [9.17, 15) is 24.5 Å². The Hall–Kier alpha value is -2.79. The summed E-state index contributed by atoms with van der Waals surface area (Å²) in [5, 5.41) is 13.6. The van der Waals surface area contributed by atoms with Crippen LogP contribution < -0.4 is 5.32 Å². The summed E-state index contributed by atoms with van der Waals surface area (Å²) in [5.74, 6) is -1.18. The van der Waals surface area contributed by atoms with Crippen molar-refractivity contribution in [3.05, 3.63) is 43.1 Å². The number of fused-ring (bicyclic) bond motifs is 1. The summed E-state index contributed by atoms with van der Waals surface area (Å²) in [5.41, 5.74) is 1.04. The zero-order chi connectivity index (χ0) is 19.7. The number of ether oxygens (including phenoxy) is 1. The van der Waals surface area contributed by atoms with Crippen LogP contribution in [0.1, 0.15) is 37.4 Å². The Balaban J connectivity index is 1.92. The lowest BCUT2D eigenvalue weighted by Gasteiger charge is -2.25. The minimum Gasteiger partial charge on any atom is -0.465 e. The van der Waals surface area contributed by atoms with Crippen LogP contribution in [0.2, 0.25) is 0 Å². The van der Waals surface area contributed by atoms with Gasteiger partial charge >= 0.3 is 11.0 Å². The van der Waals surface area contributed by atoms with E-state index in [1.807, 2.05) is 0 Å². The number of hydrogen-bond donors (Lipinski definition) is 1. The second-order valence-electron chi connectivity index (χ2n) is 5.74. The fraction of sp³-hybridized carbons (Fsp3) is 0.312. The van der Waals surface area contributed by atoms with Gasteiger partial charge in [0.15, 0.2) is 0 Å². The van der Waals surface area contributed by atoms with E-state index in [-0.39, 0.29) is 21.3 Å². The van der Waals surface area contributed by atoms with Crippen molar-refractivity contribution in [1.82, 2.24) is 4.90 Å². The first kappa shape index (κ1) is 19.0. The molecule has 1 N–H and O–H groups in total. The highest BCUT2D eigenvalue weighted by atomic mass is 32.1. The van der Waals surface area contributed by atoms with E-state index in [4.69, 9.17) is 4.74 Å². The molecule has 0 bridgehead atoms. The van der Waals surface area contributed by atoms with Gasteiger partial charge in [-0.25, -0.2) is 4.79 Å². The van der Waals surface area contributed by atoms with Gasteiger partial charge in [-0.1, -0.05) is 11.3 Å².